The summed E-state index contributed by atoms with van der Waals surface area (Å²) in [7, 11) is 0. The van der Waals surface area contributed by atoms with Crippen LogP contribution in [0.5, 0.6) is 0 Å². The summed E-state index contributed by atoms with van der Waals surface area (Å²) in [5, 5.41) is 16.5. The summed E-state index contributed by atoms with van der Waals surface area (Å²) in [6.07, 6.45) is 0.386. The number of rotatable bonds is 3. The van der Waals surface area contributed by atoms with Crippen LogP contribution in [0, 0.1) is 6.92 Å². The number of carbonyl (C=O) groups excluding carboxylic acids is 1. The first-order chi connectivity index (χ1) is 8.06. The summed E-state index contributed by atoms with van der Waals surface area (Å²) in [5.74, 6) is -1.24. The van der Waals surface area contributed by atoms with Crippen LogP contribution in [0.1, 0.15) is 23.5 Å². The minimum absolute atomic E-state index is 0.0258. The standard InChI is InChI=1S/C10H11N3O3S/c1-6-5-17-8(11-6)4-13-9(14)3-2-7(12-13)10(15)16/h5H,2-4H2,1H3,(H,15,16). The van der Waals surface area contributed by atoms with Crippen LogP contribution >= 0.6 is 11.3 Å². The normalized spacial score (nSPS) is 15.9. The van der Waals surface area contributed by atoms with E-state index >= 15 is 0 Å². The van der Waals surface area contributed by atoms with Gasteiger partial charge >= 0.3 is 5.97 Å². The summed E-state index contributed by atoms with van der Waals surface area (Å²) in [6.45, 7) is 2.11. The van der Waals surface area contributed by atoms with E-state index in [0.717, 1.165) is 10.7 Å². The Labute approximate surface area is 102 Å². The lowest BCUT2D eigenvalue weighted by Gasteiger charge is -2.20. The monoisotopic (exact) mass is 253 g/mol. The largest absolute Gasteiger partial charge is 0.477 e. The number of thiazole rings is 1. The predicted molar refractivity (Wildman–Crippen MR) is 61.7 cm³/mol. The molecule has 90 valence electrons. The Balaban J connectivity index is 2.15. The molecule has 2 heterocycles. The van der Waals surface area contributed by atoms with Crippen LogP contribution in [-0.2, 0) is 16.1 Å². The summed E-state index contributed by atoms with van der Waals surface area (Å²) in [6, 6.07) is 0. The maximum atomic E-state index is 11.6. The third kappa shape index (κ3) is 2.68. The van der Waals surface area contributed by atoms with Gasteiger partial charge in [-0.2, -0.15) is 5.10 Å². The highest BCUT2D eigenvalue weighted by molar-refractivity contribution is 7.09. The first-order valence-corrected chi connectivity index (χ1v) is 5.96. The van der Waals surface area contributed by atoms with E-state index in [-0.39, 0.29) is 31.0 Å². The van der Waals surface area contributed by atoms with E-state index in [1.807, 2.05) is 12.3 Å². The fourth-order valence-corrected chi connectivity index (χ4v) is 2.24. The van der Waals surface area contributed by atoms with Gasteiger partial charge < -0.3 is 5.11 Å². The number of carboxylic acids is 1. The number of nitrogens with zero attached hydrogens (tertiary/aromatic N) is 3. The van der Waals surface area contributed by atoms with Crippen molar-refractivity contribution in [1.29, 1.82) is 0 Å². The summed E-state index contributed by atoms with van der Waals surface area (Å²) in [4.78, 5) is 26.6. The Bertz CT molecular complexity index is 495. The second kappa shape index (κ2) is 4.62. The molecule has 0 bridgehead atoms. The van der Waals surface area contributed by atoms with E-state index in [4.69, 9.17) is 5.11 Å². The quantitative estimate of drug-likeness (QED) is 0.871. The van der Waals surface area contributed by atoms with E-state index in [0.29, 0.717) is 0 Å². The SMILES string of the molecule is Cc1csc(CN2N=C(C(=O)O)CCC2=O)n1. The van der Waals surface area contributed by atoms with Gasteiger partial charge in [0.2, 0.25) is 5.91 Å². The molecule has 0 spiro atoms. The van der Waals surface area contributed by atoms with Crippen molar-refractivity contribution < 1.29 is 14.7 Å². The Morgan fingerprint density at radius 3 is 2.94 bits per heavy atom. The molecule has 0 aromatic carbocycles. The molecule has 7 heteroatoms. The number of carbonyl (C=O) groups is 2. The minimum Gasteiger partial charge on any atom is -0.477 e. The zero-order valence-corrected chi connectivity index (χ0v) is 10.0. The first kappa shape index (κ1) is 11.7. The number of carboxylic acid groups (broad SMARTS) is 1. The fraction of sp³-hybridized carbons (Fsp3) is 0.400. The molecule has 0 unspecified atom stereocenters. The second-order valence-corrected chi connectivity index (χ2v) is 4.63. The van der Waals surface area contributed by atoms with Gasteiger partial charge in [0.05, 0.1) is 6.54 Å². The van der Waals surface area contributed by atoms with Crippen LogP contribution in [0.4, 0.5) is 0 Å². The van der Waals surface area contributed by atoms with Gasteiger partial charge in [0.1, 0.15) is 10.7 Å². The van der Waals surface area contributed by atoms with E-state index in [9.17, 15) is 9.59 Å². The molecule has 1 aromatic heterocycles. The third-order valence-electron chi connectivity index (χ3n) is 2.30. The summed E-state index contributed by atoms with van der Waals surface area (Å²) in [5.41, 5.74) is 0.912. The van der Waals surface area contributed by atoms with Gasteiger partial charge in [0.25, 0.3) is 0 Å². The molecular formula is C10H11N3O3S. The number of hydrogen-bond donors (Lipinski definition) is 1. The van der Waals surface area contributed by atoms with Crippen LogP contribution < -0.4 is 0 Å². The Hall–Kier alpha value is -1.76. The number of hydrazone groups is 1. The van der Waals surface area contributed by atoms with Crippen LogP contribution in [-0.4, -0.2) is 32.7 Å². The van der Waals surface area contributed by atoms with Crippen LogP contribution in [0.3, 0.4) is 0 Å². The molecule has 1 aliphatic heterocycles. The van der Waals surface area contributed by atoms with Crippen molar-refractivity contribution >= 4 is 28.9 Å². The van der Waals surface area contributed by atoms with E-state index in [2.05, 4.69) is 10.1 Å². The van der Waals surface area contributed by atoms with E-state index in [1.165, 1.54) is 16.3 Å². The van der Waals surface area contributed by atoms with Crippen LogP contribution in [0.2, 0.25) is 0 Å². The summed E-state index contributed by atoms with van der Waals surface area (Å²) >= 11 is 1.43. The van der Waals surface area contributed by atoms with Crippen LogP contribution in [0.15, 0.2) is 10.5 Å². The molecule has 0 radical (unpaired) electrons. The predicted octanol–water partition coefficient (Wildman–Crippen LogP) is 1.01. The molecular weight excluding hydrogens is 242 g/mol. The van der Waals surface area contributed by atoms with Gasteiger partial charge in [-0.3, -0.25) is 4.79 Å². The molecule has 6 nitrogen and oxygen atoms in total. The van der Waals surface area contributed by atoms with Crippen molar-refractivity contribution in [2.24, 2.45) is 5.10 Å². The highest BCUT2D eigenvalue weighted by atomic mass is 32.1. The third-order valence-corrected chi connectivity index (χ3v) is 3.25. The van der Waals surface area contributed by atoms with Gasteiger partial charge in [0.15, 0.2) is 0 Å². The van der Waals surface area contributed by atoms with Crippen molar-refractivity contribution in [3.63, 3.8) is 0 Å². The Morgan fingerprint density at radius 2 is 2.35 bits per heavy atom. The molecule has 0 saturated heterocycles. The van der Waals surface area contributed by atoms with E-state index < -0.39 is 5.97 Å². The summed E-state index contributed by atoms with van der Waals surface area (Å²) < 4.78 is 0. The minimum atomic E-state index is -1.07. The first-order valence-electron chi connectivity index (χ1n) is 5.08. The number of aryl methyl sites for hydroxylation is 1. The second-order valence-electron chi connectivity index (χ2n) is 3.69. The number of hydrogen-bond acceptors (Lipinski definition) is 5. The maximum absolute atomic E-state index is 11.6. The van der Waals surface area contributed by atoms with Crippen molar-refractivity contribution in [3.05, 3.63) is 16.1 Å². The maximum Gasteiger partial charge on any atom is 0.352 e. The average molecular weight is 253 g/mol. The molecule has 17 heavy (non-hydrogen) atoms. The molecule has 1 N–H and O–H groups in total. The lowest BCUT2D eigenvalue weighted by atomic mass is 10.2. The average Bonchev–Trinajstić information content (AvgIpc) is 2.67. The van der Waals surface area contributed by atoms with Gasteiger partial charge in [-0.1, -0.05) is 0 Å². The van der Waals surface area contributed by atoms with Gasteiger partial charge in [0, 0.05) is 23.9 Å². The van der Waals surface area contributed by atoms with Crippen LogP contribution in [0.25, 0.3) is 0 Å². The van der Waals surface area contributed by atoms with Crippen molar-refractivity contribution in [3.8, 4) is 0 Å². The molecule has 0 aliphatic carbocycles. The van der Waals surface area contributed by atoms with Crippen molar-refractivity contribution in [1.82, 2.24) is 9.99 Å². The number of amides is 1. The highest BCUT2D eigenvalue weighted by Gasteiger charge is 2.24. The molecule has 1 aromatic rings. The van der Waals surface area contributed by atoms with Gasteiger partial charge in [-0.05, 0) is 6.92 Å². The lowest BCUT2D eigenvalue weighted by Crippen LogP contribution is -2.33. The smallest absolute Gasteiger partial charge is 0.352 e. The highest BCUT2D eigenvalue weighted by Crippen LogP contribution is 2.16. The van der Waals surface area contributed by atoms with E-state index in [1.54, 1.807) is 0 Å². The molecule has 2 rings (SSSR count). The molecule has 0 saturated carbocycles. The number of aliphatic carboxylic acids is 1. The molecule has 0 atom stereocenters. The van der Waals surface area contributed by atoms with Gasteiger partial charge in [-0.25, -0.2) is 14.8 Å². The van der Waals surface area contributed by atoms with Crippen molar-refractivity contribution in [2.45, 2.75) is 26.3 Å². The fourth-order valence-electron chi connectivity index (χ4n) is 1.48. The molecule has 1 aliphatic rings. The lowest BCUT2D eigenvalue weighted by molar-refractivity contribution is -0.133. The zero-order valence-electron chi connectivity index (χ0n) is 9.21. The molecule has 0 fully saturated rings. The van der Waals surface area contributed by atoms with Crippen molar-refractivity contribution in [2.75, 3.05) is 0 Å². The van der Waals surface area contributed by atoms with Gasteiger partial charge in [-0.15, -0.1) is 11.3 Å². The Kier molecular flexibility index (Phi) is 3.19. The number of aromatic nitrogens is 1. The Morgan fingerprint density at radius 1 is 1.59 bits per heavy atom. The zero-order chi connectivity index (χ0) is 12.4. The molecule has 1 amide bonds. The topological polar surface area (TPSA) is 82.9 Å².